The fraction of sp³-hybridized carbons (Fsp3) is 0.917. The van der Waals surface area contributed by atoms with E-state index in [0.29, 0.717) is 11.8 Å². The van der Waals surface area contributed by atoms with E-state index < -0.39 is 0 Å². The normalized spacial score (nSPS) is 29.1. The number of hydrogen-bond acceptors (Lipinski definition) is 2. The SMILES string of the molecule is N[C@@H]1CCN(C(=O)C2CCCCCC2)C1. The summed E-state index contributed by atoms with van der Waals surface area (Å²) < 4.78 is 0. The number of rotatable bonds is 1. The molecule has 0 radical (unpaired) electrons. The molecule has 2 aliphatic rings. The molecule has 3 heteroatoms. The zero-order valence-corrected chi connectivity index (χ0v) is 9.45. The molecule has 3 nitrogen and oxygen atoms in total. The maximum Gasteiger partial charge on any atom is 0.225 e. The van der Waals surface area contributed by atoms with Crippen molar-refractivity contribution in [2.45, 2.75) is 51.0 Å². The summed E-state index contributed by atoms with van der Waals surface area (Å²) in [5, 5.41) is 0. The van der Waals surface area contributed by atoms with Crippen molar-refractivity contribution in [3.63, 3.8) is 0 Å². The second-order valence-electron chi connectivity index (χ2n) is 5.02. The van der Waals surface area contributed by atoms with Gasteiger partial charge in [0.25, 0.3) is 0 Å². The molecule has 0 aromatic carbocycles. The van der Waals surface area contributed by atoms with Crippen molar-refractivity contribution in [3.05, 3.63) is 0 Å². The largest absolute Gasteiger partial charge is 0.341 e. The van der Waals surface area contributed by atoms with Gasteiger partial charge in [0.2, 0.25) is 5.91 Å². The second kappa shape index (κ2) is 4.97. The topological polar surface area (TPSA) is 46.3 Å². The summed E-state index contributed by atoms with van der Waals surface area (Å²) in [5.74, 6) is 0.683. The average molecular weight is 210 g/mol. The second-order valence-corrected chi connectivity index (χ2v) is 5.02. The fourth-order valence-corrected chi connectivity index (χ4v) is 2.77. The molecule has 2 N–H and O–H groups in total. The summed E-state index contributed by atoms with van der Waals surface area (Å²) in [6.07, 6.45) is 8.27. The highest BCUT2D eigenvalue weighted by Crippen LogP contribution is 2.25. The molecule has 1 aliphatic heterocycles. The Balaban J connectivity index is 1.88. The maximum atomic E-state index is 12.2. The summed E-state index contributed by atoms with van der Waals surface area (Å²) in [5.41, 5.74) is 5.83. The molecule has 0 bridgehead atoms. The van der Waals surface area contributed by atoms with Crippen molar-refractivity contribution < 1.29 is 4.79 Å². The highest BCUT2D eigenvalue weighted by molar-refractivity contribution is 5.79. The highest BCUT2D eigenvalue weighted by atomic mass is 16.2. The lowest BCUT2D eigenvalue weighted by Crippen LogP contribution is -2.36. The Morgan fingerprint density at radius 2 is 1.73 bits per heavy atom. The van der Waals surface area contributed by atoms with Crippen molar-refractivity contribution in [1.29, 1.82) is 0 Å². The number of carbonyl (C=O) groups is 1. The van der Waals surface area contributed by atoms with Gasteiger partial charge in [-0.15, -0.1) is 0 Å². The number of amides is 1. The number of hydrogen-bond donors (Lipinski definition) is 1. The van der Waals surface area contributed by atoms with Crippen LogP contribution in [0.25, 0.3) is 0 Å². The third kappa shape index (κ3) is 2.71. The van der Waals surface area contributed by atoms with E-state index in [9.17, 15) is 4.79 Å². The molecule has 1 saturated heterocycles. The molecule has 0 unspecified atom stereocenters. The van der Waals surface area contributed by atoms with E-state index in [0.717, 1.165) is 32.4 Å². The molecule has 1 heterocycles. The van der Waals surface area contributed by atoms with Gasteiger partial charge in [0.05, 0.1) is 0 Å². The molecule has 0 spiro atoms. The number of nitrogens with zero attached hydrogens (tertiary/aromatic N) is 1. The van der Waals surface area contributed by atoms with Crippen LogP contribution in [0.3, 0.4) is 0 Å². The van der Waals surface area contributed by atoms with Gasteiger partial charge in [-0.05, 0) is 19.3 Å². The molecule has 1 aliphatic carbocycles. The van der Waals surface area contributed by atoms with Crippen LogP contribution in [0, 0.1) is 5.92 Å². The Hall–Kier alpha value is -0.570. The summed E-state index contributed by atoms with van der Waals surface area (Å²) in [7, 11) is 0. The molecule has 2 fully saturated rings. The van der Waals surface area contributed by atoms with Gasteiger partial charge in [0, 0.05) is 25.0 Å². The predicted molar refractivity (Wildman–Crippen MR) is 60.4 cm³/mol. The number of carbonyl (C=O) groups excluding carboxylic acids is 1. The lowest BCUT2D eigenvalue weighted by atomic mass is 9.99. The lowest BCUT2D eigenvalue weighted by molar-refractivity contribution is -0.134. The van der Waals surface area contributed by atoms with Crippen LogP contribution >= 0.6 is 0 Å². The summed E-state index contributed by atoms with van der Waals surface area (Å²) in [4.78, 5) is 14.2. The molecule has 15 heavy (non-hydrogen) atoms. The van der Waals surface area contributed by atoms with Gasteiger partial charge in [0.1, 0.15) is 0 Å². The lowest BCUT2D eigenvalue weighted by Gasteiger charge is -2.22. The van der Waals surface area contributed by atoms with Crippen molar-refractivity contribution in [3.8, 4) is 0 Å². The first-order chi connectivity index (χ1) is 7.27. The molecule has 1 atom stereocenters. The third-order valence-corrected chi connectivity index (χ3v) is 3.74. The van der Waals surface area contributed by atoms with Gasteiger partial charge in [-0.3, -0.25) is 4.79 Å². The summed E-state index contributed by atoms with van der Waals surface area (Å²) in [6, 6.07) is 0.222. The molecular formula is C12H22N2O. The van der Waals surface area contributed by atoms with Crippen molar-refractivity contribution in [1.82, 2.24) is 4.90 Å². The minimum absolute atomic E-state index is 0.222. The van der Waals surface area contributed by atoms with Crippen LogP contribution in [0.1, 0.15) is 44.9 Å². The van der Waals surface area contributed by atoms with Gasteiger partial charge in [-0.25, -0.2) is 0 Å². The first-order valence-corrected chi connectivity index (χ1v) is 6.32. The standard InChI is InChI=1S/C12H22N2O/c13-11-7-8-14(9-11)12(15)10-5-3-1-2-4-6-10/h10-11H,1-9,13H2/t11-/m1/s1. The molecule has 86 valence electrons. The smallest absolute Gasteiger partial charge is 0.225 e. The van der Waals surface area contributed by atoms with Crippen LogP contribution in [0.5, 0.6) is 0 Å². The fourth-order valence-electron chi connectivity index (χ4n) is 2.77. The van der Waals surface area contributed by atoms with Gasteiger partial charge < -0.3 is 10.6 Å². The van der Waals surface area contributed by atoms with Gasteiger partial charge >= 0.3 is 0 Å². The van der Waals surface area contributed by atoms with E-state index in [1.807, 2.05) is 4.90 Å². The number of nitrogens with two attached hydrogens (primary N) is 1. The van der Waals surface area contributed by atoms with Crippen molar-refractivity contribution in [2.24, 2.45) is 11.7 Å². The van der Waals surface area contributed by atoms with Crippen LogP contribution in [-0.4, -0.2) is 29.9 Å². The molecule has 1 amide bonds. The first kappa shape index (κ1) is 10.9. The van der Waals surface area contributed by atoms with Crippen LogP contribution in [-0.2, 0) is 4.79 Å². The van der Waals surface area contributed by atoms with Crippen LogP contribution in [0.4, 0.5) is 0 Å². The van der Waals surface area contributed by atoms with E-state index in [4.69, 9.17) is 5.73 Å². The van der Waals surface area contributed by atoms with Crippen molar-refractivity contribution in [2.75, 3.05) is 13.1 Å². The van der Waals surface area contributed by atoms with E-state index in [-0.39, 0.29) is 6.04 Å². The minimum Gasteiger partial charge on any atom is -0.341 e. The zero-order chi connectivity index (χ0) is 10.7. The summed E-state index contributed by atoms with van der Waals surface area (Å²) >= 11 is 0. The molecule has 0 aromatic heterocycles. The van der Waals surface area contributed by atoms with E-state index >= 15 is 0 Å². The Morgan fingerprint density at radius 3 is 2.27 bits per heavy atom. The molecule has 0 aromatic rings. The molecule has 2 rings (SSSR count). The van der Waals surface area contributed by atoms with Crippen LogP contribution in [0.15, 0.2) is 0 Å². The highest BCUT2D eigenvalue weighted by Gasteiger charge is 2.29. The monoisotopic (exact) mass is 210 g/mol. The van der Waals surface area contributed by atoms with Crippen LogP contribution < -0.4 is 5.73 Å². The van der Waals surface area contributed by atoms with Crippen molar-refractivity contribution >= 4 is 5.91 Å². The Kier molecular flexibility index (Phi) is 3.62. The third-order valence-electron chi connectivity index (χ3n) is 3.74. The van der Waals surface area contributed by atoms with E-state index in [1.54, 1.807) is 0 Å². The van der Waals surface area contributed by atoms with Crippen LogP contribution in [0.2, 0.25) is 0 Å². The van der Waals surface area contributed by atoms with Gasteiger partial charge in [-0.1, -0.05) is 25.7 Å². The van der Waals surface area contributed by atoms with Gasteiger partial charge in [-0.2, -0.15) is 0 Å². The van der Waals surface area contributed by atoms with Gasteiger partial charge in [0.15, 0.2) is 0 Å². The van der Waals surface area contributed by atoms with E-state index in [1.165, 1.54) is 25.7 Å². The Morgan fingerprint density at radius 1 is 1.07 bits per heavy atom. The average Bonchev–Trinajstić information content (AvgIpc) is 2.53. The zero-order valence-electron chi connectivity index (χ0n) is 9.45. The van der Waals surface area contributed by atoms with E-state index in [2.05, 4.69) is 0 Å². The predicted octanol–water partition coefficient (Wildman–Crippen LogP) is 1.52. The number of likely N-dealkylation sites (tertiary alicyclic amines) is 1. The minimum atomic E-state index is 0.222. The maximum absolute atomic E-state index is 12.2. The molecular weight excluding hydrogens is 188 g/mol. The Bertz CT molecular complexity index is 222. The Labute approximate surface area is 92.0 Å². The molecule has 1 saturated carbocycles. The quantitative estimate of drug-likeness (QED) is 0.667. The summed E-state index contributed by atoms with van der Waals surface area (Å²) in [6.45, 7) is 1.67. The first-order valence-electron chi connectivity index (χ1n) is 6.32.